The van der Waals surface area contributed by atoms with Gasteiger partial charge in [0.1, 0.15) is 5.54 Å². The molecule has 0 spiro atoms. The molecular weight excluding hydrogens is 607 g/mol. The number of hydrogen-bond acceptors (Lipinski definition) is 7. The largest absolute Gasteiger partial charge is 0.291 e. The van der Waals surface area contributed by atoms with E-state index in [1.807, 2.05) is 54.6 Å². The van der Waals surface area contributed by atoms with Gasteiger partial charge in [-0.05, 0) is 53.8 Å². The van der Waals surface area contributed by atoms with Gasteiger partial charge in [-0.15, -0.1) is 5.10 Å². The van der Waals surface area contributed by atoms with Gasteiger partial charge in [0, 0.05) is 30.1 Å². The average Bonchev–Trinajstić information content (AvgIpc) is 3.78. The Bertz CT molecular complexity index is 1490. The Morgan fingerprint density at radius 3 is 2.09 bits per heavy atom. The predicted molar refractivity (Wildman–Crippen MR) is 187 cm³/mol. The molecule has 1 aliphatic carbocycles. The minimum atomic E-state index is -1.34. The molecule has 47 heavy (non-hydrogen) atoms. The summed E-state index contributed by atoms with van der Waals surface area (Å²) in [5.74, 6) is -0.731. The summed E-state index contributed by atoms with van der Waals surface area (Å²) in [5, 5.41) is 12.6. The van der Waals surface area contributed by atoms with Crippen LogP contribution in [0.1, 0.15) is 126 Å². The number of benzene rings is 2. The summed E-state index contributed by atoms with van der Waals surface area (Å²) < 4.78 is 1.66. The maximum absolute atomic E-state index is 14.4. The number of amides is 2. The molecular formula is C38H49N5O3S. The molecule has 1 aromatic heterocycles. The fraction of sp³-hybridized carbons (Fsp3) is 0.526. The molecule has 2 atom stereocenters. The van der Waals surface area contributed by atoms with Crippen molar-refractivity contribution in [2.45, 2.75) is 132 Å². The van der Waals surface area contributed by atoms with Gasteiger partial charge in [0.15, 0.2) is 5.78 Å². The molecule has 2 amide bonds. The molecule has 2 unspecified atom stereocenters. The first kappa shape index (κ1) is 34.7. The standard InChI is InChI=1S/C38H49N5O3S/c1-2-3-4-5-6-7-8-9-10-11-12-13-14-15-19-26-33(47-37-39-40-41-43(37)31-23-17-16-18-24-31)38(42-34(44)27-28-35(42)45)29-30-22-20-21-25-32(30)36(38)46/h14-18,20-25,33H,2-13,19,26-29H2,1H3/b15-14+. The van der Waals surface area contributed by atoms with Crippen LogP contribution in [0.5, 0.6) is 0 Å². The van der Waals surface area contributed by atoms with E-state index in [-0.39, 0.29) is 30.4 Å². The predicted octanol–water partition coefficient (Wildman–Crippen LogP) is 8.49. The summed E-state index contributed by atoms with van der Waals surface area (Å²) in [7, 11) is 0. The number of aromatic nitrogens is 4. The Hall–Kier alpha value is -3.59. The van der Waals surface area contributed by atoms with Gasteiger partial charge in [0.25, 0.3) is 0 Å². The third kappa shape index (κ3) is 8.47. The van der Waals surface area contributed by atoms with E-state index in [1.165, 1.54) is 87.3 Å². The number of ketones is 1. The lowest BCUT2D eigenvalue weighted by Crippen LogP contribution is -2.62. The molecule has 1 fully saturated rings. The van der Waals surface area contributed by atoms with Crippen molar-refractivity contribution in [2.75, 3.05) is 0 Å². The maximum atomic E-state index is 14.4. The summed E-state index contributed by atoms with van der Waals surface area (Å²) >= 11 is 1.39. The van der Waals surface area contributed by atoms with Crippen LogP contribution in [-0.4, -0.2) is 53.5 Å². The molecule has 9 heteroatoms. The lowest BCUT2D eigenvalue weighted by atomic mass is 9.85. The van der Waals surface area contributed by atoms with E-state index in [0.717, 1.165) is 17.7 Å². The molecule has 0 N–H and O–H groups in total. The highest BCUT2D eigenvalue weighted by atomic mass is 32.2. The number of nitrogens with zero attached hydrogens (tertiary/aromatic N) is 5. The van der Waals surface area contributed by atoms with Crippen LogP contribution in [-0.2, 0) is 16.0 Å². The molecule has 2 aliphatic rings. The number of likely N-dealkylation sites (tertiary alicyclic amines) is 1. The molecule has 2 heterocycles. The highest BCUT2D eigenvalue weighted by Crippen LogP contribution is 2.47. The van der Waals surface area contributed by atoms with Crippen LogP contribution in [0.3, 0.4) is 0 Å². The van der Waals surface area contributed by atoms with E-state index in [2.05, 4.69) is 34.6 Å². The van der Waals surface area contributed by atoms with Gasteiger partial charge in [-0.3, -0.25) is 19.3 Å². The second kappa shape index (κ2) is 17.5. The number of imide groups is 1. The van der Waals surface area contributed by atoms with Crippen LogP contribution in [0.2, 0.25) is 0 Å². The molecule has 5 rings (SSSR count). The van der Waals surface area contributed by atoms with Crippen molar-refractivity contribution < 1.29 is 14.4 Å². The third-order valence-corrected chi connectivity index (χ3v) is 10.9. The minimum Gasteiger partial charge on any atom is -0.291 e. The van der Waals surface area contributed by atoms with E-state index in [4.69, 9.17) is 0 Å². The molecule has 0 radical (unpaired) electrons. The zero-order valence-corrected chi connectivity index (χ0v) is 28.6. The van der Waals surface area contributed by atoms with Crippen LogP contribution >= 0.6 is 11.8 Å². The van der Waals surface area contributed by atoms with Gasteiger partial charge in [-0.25, -0.2) is 0 Å². The summed E-state index contributed by atoms with van der Waals surface area (Å²) in [5.41, 5.74) is 0.913. The molecule has 1 aliphatic heterocycles. The fourth-order valence-corrected chi connectivity index (χ4v) is 8.35. The van der Waals surface area contributed by atoms with Crippen molar-refractivity contribution in [3.8, 4) is 5.69 Å². The van der Waals surface area contributed by atoms with Crippen LogP contribution in [0.4, 0.5) is 0 Å². The average molecular weight is 656 g/mol. The van der Waals surface area contributed by atoms with Crippen LogP contribution in [0, 0.1) is 0 Å². The normalized spacial score (nSPS) is 18.5. The van der Waals surface area contributed by atoms with Crippen molar-refractivity contribution in [3.63, 3.8) is 0 Å². The van der Waals surface area contributed by atoms with E-state index in [0.29, 0.717) is 30.0 Å². The number of para-hydroxylation sites is 1. The maximum Gasteiger partial charge on any atom is 0.230 e. The summed E-state index contributed by atoms with van der Waals surface area (Å²) in [4.78, 5) is 42.5. The number of rotatable bonds is 20. The number of hydrogen-bond donors (Lipinski definition) is 0. The quantitative estimate of drug-likeness (QED) is 0.0521. The van der Waals surface area contributed by atoms with Crippen molar-refractivity contribution in [1.29, 1.82) is 0 Å². The Labute approximate surface area is 283 Å². The van der Waals surface area contributed by atoms with Crippen molar-refractivity contribution in [2.24, 2.45) is 0 Å². The molecule has 2 aromatic carbocycles. The number of fused-ring (bicyclic) bond motifs is 1. The SMILES string of the molecule is CCCCCCCCCCCCC/C=C/CCC(Sc1nnnn1-c1ccccc1)C1(N2C(=O)CCC2=O)Cc2ccccc2C1=O. The van der Waals surface area contributed by atoms with Crippen molar-refractivity contribution in [3.05, 3.63) is 77.9 Å². The first-order valence-corrected chi connectivity index (χ1v) is 18.6. The van der Waals surface area contributed by atoms with Gasteiger partial charge >= 0.3 is 0 Å². The van der Waals surface area contributed by atoms with Gasteiger partial charge < -0.3 is 0 Å². The second-order valence-corrected chi connectivity index (χ2v) is 14.1. The number of unbranched alkanes of at least 4 members (excludes halogenated alkanes) is 11. The van der Waals surface area contributed by atoms with Crippen molar-refractivity contribution >= 4 is 29.4 Å². The third-order valence-electron chi connectivity index (χ3n) is 9.52. The van der Waals surface area contributed by atoms with E-state index in [1.54, 1.807) is 4.68 Å². The monoisotopic (exact) mass is 655 g/mol. The van der Waals surface area contributed by atoms with Gasteiger partial charge in [-0.1, -0.05) is 138 Å². The second-order valence-electron chi connectivity index (χ2n) is 12.9. The number of carbonyl (C=O) groups is 3. The Kier molecular flexibility index (Phi) is 13.0. The highest BCUT2D eigenvalue weighted by molar-refractivity contribution is 7.99. The first-order valence-electron chi connectivity index (χ1n) is 17.7. The lowest BCUT2D eigenvalue weighted by molar-refractivity contribution is -0.143. The van der Waals surface area contributed by atoms with E-state index >= 15 is 0 Å². The summed E-state index contributed by atoms with van der Waals surface area (Å²) in [6.45, 7) is 2.26. The zero-order valence-electron chi connectivity index (χ0n) is 27.8. The Morgan fingerprint density at radius 1 is 0.787 bits per heavy atom. The number of carbonyl (C=O) groups excluding carboxylic acids is 3. The first-order chi connectivity index (χ1) is 23.1. The van der Waals surface area contributed by atoms with Crippen LogP contribution < -0.4 is 0 Å². The number of tetrazole rings is 1. The summed E-state index contributed by atoms with van der Waals surface area (Å²) in [6, 6.07) is 17.1. The number of thioether (sulfide) groups is 1. The van der Waals surface area contributed by atoms with Crippen LogP contribution in [0.15, 0.2) is 71.9 Å². The van der Waals surface area contributed by atoms with E-state index in [9.17, 15) is 14.4 Å². The minimum absolute atomic E-state index is 0.127. The molecule has 3 aromatic rings. The molecule has 8 nitrogen and oxygen atoms in total. The number of Topliss-reactive ketones (excluding diaryl/α,β-unsaturated/α-hetero) is 1. The Balaban J connectivity index is 1.27. The Morgan fingerprint density at radius 2 is 1.40 bits per heavy atom. The van der Waals surface area contributed by atoms with Crippen LogP contribution in [0.25, 0.3) is 5.69 Å². The fourth-order valence-electron chi connectivity index (χ4n) is 7.02. The topological polar surface area (TPSA) is 98.1 Å². The van der Waals surface area contributed by atoms with E-state index < -0.39 is 10.8 Å². The lowest BCUT2D eigenvalue weighted by Gasteiger charge is -2.41. The number of allylic oxidation sites excluding steroid dienone is 2. The van der Waals surface area contributed by atoms with Gasteiger partial charge in [0.2, 0.25) is 17.0 Å². The van der Waals surface area contributed by atoms with Crippen molar-refractivity contribution in [1.82, 2.24) is 25.1 Å². The summed E-state index contributed by atoms with van der Waals surface area (Å²) in [6.07, 6.45) is 21.9. The van der Waals surface area contributed by atoms with Gasteiger partial charge in [-0.2, -0.15) is 4.68 Å². The molecule has 0 bridgehead atoms. The molecule has 1 saturated heterocycles. The zero-order chi connectivity index (χ0) is 32.9. The highest BCUT2D eigenvalue weighted by Gasteiger charge is 2.59. The smallest absolute Gasteiger partial charge is 0.230 e. The van der Waals surface area contributed by atoms with Gasteiger partial charge in [0.05, 0.1) is 5.69 Å². The molecule has 0 saturated carbocycles. The molecule has 250 valence electrons.